The molecule has 5 heteroatoms. The number of benzene rings is 2. The van der Waals surface area contributed by atoms with Gasteiger partial charge in [-0.25, -0.2) is 0 Å². The first-order chi connectivity index (χ1) is 16.6. The van der Waals surface area contributed by atoms with E-state index in [1.165, 1.54) is 16.7 Å². The first kappa shape index (κ1) is 23.7. The molecule has 4 aromatic rings. The van der Waals surface area contributed by atoms with Crippen molar-refractivity contribution in [3.05, 3.63) is 106 Å². The van der Waals surface area contributed by atoms with E-state index < -0.39 is 0 Å². The SMILES string of the molecule is Cc1ccccc1Cc1ncccc1CNCCCCCOc1ccc2c(ccc(=O)n2C)c1. The van der Waals surface area contributed by atoms with Gasteiger partial charge >= 0.3 is 0 Å². The van der Waals surface area contributed by atoms with Crippen LogP contribution in [0.15, 0.2) is 77.7 Å². The average Bonchev–Trinajstić information content (AvgIpc) is 2.85. The van der Waals surface area contributed by atoms with Crippen molar-refractivity contribution in [2.45, 2.75) is 39.2 Å². The number of aryl methyl sites for hydroxylation is 2. The number of fused-ring (bicyclic) bond motifs is 1. The molecular weight excluding hydrogens is 422 g/mol. The van der Waals surface area contributed by atoms with Gasteiger partial charge in [-0.05, 0) is 79.8 Å². The minimum Gasteiger partial charge on any atom is -0.494 e. The lowest BCUT2D eigenvalue weighted by atomic mass is 10.0. The van der Waals surface area contributed by atoms with Crippen LogP contribution in [0.4, 0.5) is 0 Å². The minimum absolute atomic E-state index is 0.000760. The Morgan fingerprint density at radius 3 is 2.68 bits per heavy atom. The molecule has 2 aromatic heterocycles. The molecule has 0 aliphatic carbocycles. The van der Waals surface area contributed by atoms with Gasteiger partial charge in [-0.3, -0.25) is 9.78 Å². The van der Waals surface area contributed by atoms with Crippen LogP contribution in [-0.4, -0.2) is 22.7 Å². The Kier molecular flexibility index (Phi) is 8.10. The van der Waals surface area contributed by atoms with Crippen LogP contribution in [0.2, 0.25) is 0 Å². The van der Waals surface area contributed by atoms with Gasteiger partial charge in [0.25, 0.3) is 5.56 Å². The zero-order valence-electron chi connectivity index (χ0n) is 20.1. The van der Waals surface area contributed by atoms with Gasteiger partial charge in [0.15, 0.2) is 0 Å². The average molecular weight is 456 g/mol. The molecular formula is C29H33N3O2. The Balaban J connectivity index is 1.16. The standard InChI is InChI=1S/C29H33N3O2/c1-22-9-4-5-10-23(22)20-27-25(11-8-17-31-27)21-30-16-6-3-7-18-34-26-13-14-28-24(19-26)12-15-29(33)32(28)2/h4-5,8-15,17,19,30H,3,6-7,16,18,20-21H2,1-2H3. The van der Waals surface area contributed by atoms with Crippen molar-refractivity contribution in [2.24, 2.45) is 7.05 Å². The van der Waals surface area contributed by atoms with Crippen molar-refractivity contribution in [1.29, 1.82) is 0 Å². The van der Waals surface area contributed by atoms with Crippen LogP contribution < -0.4 is 15.6 Å². The van der Waals surface area contributed by atoms with Crippen LogP contribution >= 0.6 is 0 Å². The fourth-order valence-electron chi connectivity index (χ4n) is 4.18. The normalized spacial score (nSPS) is 11.1. The highest BCUT2D eigenvalue weighted by Crippen LogP contribution is 2.20. The van der Waals surface area contributed by atoms with E-state index >= 15 is 0 Å². The zero-order valence-corrected chi connectivity index (χ0v) is 20.1. The van der Waals surface area contributed by atoms with Crippen LogP contribution in [0, 0.1) is 6.92 Å². The largest absolute Gasteiger partial charge is 0.494 e. The van der Waals surface area contributed by atoms with E-state index in [2.05, 4.69) is 47.6 Å². The molecule has 0 aliphatic rings. The number of ether oxygens (including phenoxy) is 1. The van der Waals surface area contributed by atoms with Crippen molar-refractivity contribution in [2.75, 3.05) is 13.2 Å². The maximum absolute atomic E-state index is 11.7. The molecule has 0 fully saturated rings. The summed E-state index contributed by atoms with van der Waals surface area (Å²) < 4.78 is 7.58. The summed E-state index contributed by atoms with van der Waals surface area (Å²) in [5.74, 6) is 0.849. The van der Waals surface area contributed by atoms with E-state index in [1.807, 2.05) is 36.5 Å². The molecule has 0 spiro atoms. The van der Waals surface area contributed by atoms with Crippen molar-refractivity contribution >= 4 is 10.9 Å². The van der Waals surface area contributed by atoms with Crippen LogP contribution in [0.1, 0.15) is 41.6 Å². The van der Waals surface area contributed by atoms with E-state index in [1.54, 1.807) is 17.7 Å². The van der Waals surface area contributed by atoms with E-state index in [9.17, 15) is 4.79 Å². The highest BCUT2D eigenvalue weighted by molar-refractivity contribution is 5.80. The topological polar surface area (TPSA) is 56.2 Å². The summed E-state index contributed by atoms with van der Waals surface area (Å²) in [5.41, 5.74) is 5.97. The molecule has 0 unspecified atom stereocenters. The van der Waals surface area contributed by atoms with Crippen LogP contribution in [0.3, 0.4) is 0 Å². The summed E-state index contributed by atoms with van der Waals surface area (Å²) in [7, 11) is 1.79. The molecule has 0 atom stereocenters. The predicted molar refractivity (Wildman–Crippen MR) is 138 cm³/mol. The van der Waals surface area contributed by atoms with E-state index in [0.29, 0.717) is 6.61 Å². The van der Waals surface area contributed by atoms with Gasteiger partial charge in [-0.2, -0.15) is 0 Å². The second-order valence-corrected chi connectivity index (χ2v) is 8.75. The molecule has 5 nitrogen and oxygen atoms in total. The van der Waals surface area contributed by atoms with Gasteiger partial charge in [-0.15, -0.1) is 0 Å². The first-order valence-electron chi connectivity index (χ1n) is 12.0. The van der Waals surface area contributed by atoms with Crippen molar-refractivity contribution < 1.29 is 4.74 Å². The second-order valence-electron chi connectivity index (χ2n) is 8.75. The number of rotatable bonds is 11. The Morgan fingerprint density at radius 1 is 0.941 bits per heavy atom. The number of nitrogens with one attached hydrogen (secondary N) is 1. The van der Waals surface area contributed by atoms with Crippen LogP contribution in [0.5, 0.6) is 5.75 Å². The number of pyridine rings is 2. The Bertz CT molecular complexity index is 1300. The maximum Gasteiger partial charge on any atom is 0.250 e. The molecule has 0 saturated carbocycles. The molecule has 0 aliphatic heterocycles. The lowest BCUT2D eigenvalue weighted by molar-refractivity contribution is 0.305. The van der Waals surface area contributed by atoms with Crippen molar-refractivity contribution in [3.63, 3.8) is 0 Å². The number of hydrogen-bond donors (Lipinski definition) is 1. The lowest BCUT2D eigenvalue weighted by Gasteiger charge is -2.11. The van der Waals surface area contributed by atoms with E-state index in [4.69, 9.17) is 4.74 Å². The van der Waals surface area contributed by atoms with Crippen LogP contribution in [0.25, 0.3) is 10.9 Å². The first-order valence-corrected chi connectivity index (χ1v) is 12.0. The predicted octanol–water partition coefficient (Wildman–Crippen LogP) is 5.17. The highest BCUT2D eigenvalue weighted by Gasteiger charge is 2.06. The lowest BCUT2D eigenvalue weighted by Crippen LogP contribution is -2.16. The van der Waals surface area contributed by atoms with Gasteiger partial charge in [0.05, 0.1) is 12.1 Å². The zero-order chi connectivity index (χ0) is 23.8. The Hall–Kier alpha value is -3.44. The van der Waals surface area contributed by atoms with Gasteiger partial charge in [-0.1, -0.05) is 30.3 Å². The molecule has 4 rings (SSSR count). The smallest absolute Gasteiger partial charge is 0.250 e. The fraction of sp³-hybridized carbons (Fsp3) is 0.310. The molecule has 34 heavy (non-hydrogen) atoms. The molecule has 0 amide bonds. The quantitative estimate of drug-likeness (QED) is 0.317. The molecule has 2 heterocycles. The third-order valence-corrected chi connectivity index (χ3v) is 6.28. The van der Waals surface area contributed by atoms with Crippen molar-refractivity contribution in [3.8, 4) is 5.75 Å². The summed E-state index contributed by atoms with van der Waals surface area (Å²) in [6.07, 6.45) is 5.98. The van der Waals surface area contributed by atoms with Crippen LogP contribution in [-0.2, 0) is 20.0 Å². The summed E-state index contributed by atoms with van der Waals surface area (Å²) in [4.78, 5) is 16.4. The number of aromatic nitrogens is 2. The number of unbranched alkanes of at least 4 members (excludes halogenated alkanes) is 2. The minimum atomic E-state index is 0.000760. The van der Waals surface area contributed by atoms with Crippen molar-refractivity contribution in [1.82, 2.24) is 14.9 Å². The van der Waals surface area contributed by atoms with Gasteiger partial charge < -0.3 is 14.6 Å². The molecule has 0 saturated heterocycles. The molecule has 1 N–H and O–H groups in total. The summed E-state index contributed by atoms with van der Waals surface area (Å²) in [5, 5.41) is 4.59. The molecule has 0 radical (unpaired) electrons. The molecule has 176 valence electrons. The number of hydrogen-bond acceptors (Lipinski definition) is 4. The van der Waals surface area contributed by atoms with E-state index in [-0.39, 0.29) is 5.56 Å². The fourth-order valence-corrected chi connectivity index (χ4v) is 4.18. The Morgan fingerprint density at radius 2 is 1.79 bits per heavy atom. The van der Waals surface area contributed by atoms with Gasteiger partial charge in [0, 0.05) is 43.4 Å². The molecule has 0 bridgehead atoms. The third kappa shape index (κ3) is 6.12. The summed E-state index contributed by atoms with van der Waals surface area (Å²) >= 11 is 0. The highest BCUT2D eigenvalue weighted by atomic mass is 16.5. The van der Waals surface area contributed by atoms with Gasteiger partial charge in [0.2, 0.25) is 0 Å². The maximum atomic E-state index is 11.7. The van der Waals surface area contributed by atoms with Gasteiger partial charge in [0.1, 0.15) is 5.75 Å². The monoisotopic (exact) mass is 455 g/mol. The third-order valence-electron chi connectivity index (χ3n) is 6.28. The Labute approximate surface area is 201 Å². The molecule has 2 aromatic carbocycles. The second kappa shape index (κ2) is 11.6. The summed E-state index contributed by atoms with van der Waals surface area (Å²) in [6.45, 7) is 4.66. The van der Waals surface area contributed by atoms with E-state index in [0.717, 1.165) is 61.1 Å². The summed E-state index contributed by atoms with van der Waals surface area (Å²) in [6, 6.07) is 22.0. The number of nitrogens with zero attached hydrogens (tertiary/aromatic N) is 2.